The number of halogens is 1. The standard InChI is InChI=1S/C19H21ClN2O2/c1-3-21-13(2)12-22-19(24)17-7-5-4-6-16(17)18(23)14-8-10-15(20)11-9-14/h4-11,13,21H,3,12H2,1-2H3,(H,22,24)/t13-/m1/s1. The molecule has 2 N–H and O–H groups in total. The first-order valence-corrected chi connectivity index (χ1v) is 8.31. The summed E-state index contributed by atoms with van der Waals surface area (Å²) in [5.74, 6) is -0.449. The molecule has 24 heavy (non-hydrogen) atoms. The molecule has 0 aliphatic carbocycles. The predicted molar refractivity (Wildman–Crippen MR) is 96.8 cm³/mol. The van der Waals surface area contributed by atoms with Crippen LogP contribution in [0.1, 0.15) is 40.1 Å². The van der Waals surface area contributed by atoms with E-state index < -0.39 is 0 Å². The van der Waals surface area contributed by atoms with Crippen LogP contribution >= 0.6 is 11.6 Å². The van der Waals surface area contributed by atoms with Crippen LogP contribution in [0.25, 0.3) is 0 Å². The first-order chi connectivity index (χ1) is 11.5. The molecule has 0 radical (unpaired) electrons. The third kappa shape index (κ3) is 4.66. The van der Waals surface area contributed by atoms with Gasteiger partial charge in [-0.3, -0.25) is 9.59 Å². The highest BCUT2D eigenvalue weighted by Gasteiger charge is 2.18. The fraction of sp³-hybridized carbons (Fsp3) is 0.263. The summed E-state index contributed by atoms with van der Waals surface area (Å²) >= 11 is 5.86. The van der Waals surface area contributed by atoms with Gasteiger partial charge in [0.05, 0.1) is 5.56 Å². The predicted octanol–water partition coefficient (Wildman–Crippen LogP) is 3.30. The number of benzene rings is 2. The third-order valence-electron chi connectivity index (χ3n) is 3.64. The summed E-state index contributed by atoms with van der Waals surface area (Å²) in [6.07, 6.45) is 0. The number of likely N-dealkylation sites (N-methyl/N-ethyl adjacent to an activating group) is 1. The summed E-state index contributed by atoms with van der Waals surface area (Å²) in [4.78, 5) is 25.1. The minimum atomic E-state index is -0.252. The fourth-order valence-corrected chi connectivity index (χ4v) is 2.52. The SMILES string of the molecule is CCN[C@H](C)CNC(=O)c1ccccc1C(=O)c1ccc(Cl)cc1. The maximum Gasteiger partial charge on any atom is 0.252 e. The number of nitrogens with one attached hydrogen (secondary N) is 2. The quantitative estimate of drug-likeness (QED) is 0.758. The van der Waals surface area contributed by atoms with Gasteiger partial charge in [0.15, 0.2) is 5.78 Å². The van der Waals surface area contributed by atoms with E-state index in [1.807, 2.05) is 13.8 Å². The second-order valence-electron chi connectivity index (χ2n) is 5.55. The Kier molecular flexibility index (Phi) is 6.53. The Balaban J connectivity index is 2.19. The van der Waals surface area contributed by atoms with E-state index in [2.05, 4.69) is 10.6 Å². The van der Waals surface area contributed by atoms with E-state index in [0.29, 0.717) is 28.3 Å². The monoisotopic (exact) mass is 344 g/mol. The fourth-order valence-electron chi connectivity index (χ4n) is 2.40. The summed E-state index contributed by atoms with van der Waals surface area (Å²) in [6.45, 7) is 5.34. The molecule has 0 saturated heterocycles. The Morgan fingerprint density at radius 1 is 1.04 bits per heavy atom. The van der Waals surface area contributed by atoms with Crippen molar-refractivity contribution in [3.05, 3.63) is 70.2 Å². The molecule has 0 aliphatic heterocycles. The van der Waals surface area contributed by atoms with Crippen LogP contribution in [0.2, 0.25) is 5.02 Å². The highest BCUT2D eigenvalue weighted by molar-refractivity contribution is 6.30. The number of ketones is 1. The van der Waals surface area contributed by atoms with Crippen LogP contribution in [0.15, 0.2) is 48.5 Å². The molecule has 0 spiro atoms. The summed E-state index contributed by atoms with van der Waals surface area (Å²) in [5.41, 5.74) is 1.26. The Bertz CT molecular complexity index is 714. The average molecular weight is 345 g/mol. The molecular formula is C19H21ClN2O2. The number of amides is 1. The lowest BCUT2D eigenvalue weighted by atomic mass is 9.98. The highest BCUT2D eigenvalue weighted by atomic mass is 35.5. The van der Waals surface area contributed by atoms with E-state index >= 15 is 0 Å². The van der Waals surface area contributed by atoms with Crippen LogP contribution in [0.5, 0.6) is 0 Å². The van der Waals surface area contributed by atoms with Gasteiger partial charge in [0, 0.05) is 28.7 Å². The van der Waals surface area contributed by atoms with Crippen LogP contribution in [0.3, 0.4) is 0 Å². The van der Waals surface area contributed by atoms with Gasteiger partial charge in [-0.2, -0.15) is 0 Å². The first-order valence-electron chi connectivity index (χ1n) is 7.93. The van der Waals surface area contributed by atoms with Crippen molar-refractivity contribution in [1.29, 1.82) is 0 Å². The summed E-state index contributed by atoms with van der Waals surface area (Å²) in [7, 11) is 0. The number of carbonyl (C=O) groups is 2. The van der Waals surface area contributed by atoms with Crippen molar-refractivity contribution in [2.75, 3.05) is 13.1 Å². The lowest BCUT2D eigenvalue weighted by Crippen LogP contribution is -2.39. The van der Waals surface area contributed by atoms with Gasteiger partial charge in [-0.25, -0.2) is 0 Å². The van der Waals surface area contributed by atoms with Crippen LogP contribution in [0, 0.1) is 0 Å². The zero-order chi connectivity index (χ0) is 17.5. The molecule has 0 aromatic heterocycles. The van der Waals surface area contributed by atoms with Gasteiger partial charge in [0.25, 0.3) is 5.91 Å². The molecule has 2 rings (SSSR count). The van der Waals surface area contributed by atoms with Crippen molar-refractivity contribution in [3.63, 3.8) is 0 Å². The van der Waals surface area contributed by atoms with E-state index in [9.17, 15) is 9.59 Å². The second kappa shape index (κ2) is 8.62. The maximum atomic E-state index is 12.7. The first kappa shape index (κ1) is 18.2. The summed E-state index contributed by atoms with van der Waals surface area (Å²) < 4.78 is 0. The zero-order valence-electron chi connectivity index (χ0n) is 13.8. The van der Waals surface area contributed by atoms with Crippen LogP contribution in [0.4, 0.5) is 0 Å². The highest BCUT2D eigenvalue weighted by Crippen LogP contribution is 2.17. The molecule has 0 bridgehead atoms. The normalized spacial score (nSPS) is 11.8. The van der Waals surface area contributed by atoms with Gasteiger partial charge in [-0.1, -0.05) is 36.7 Å². The molecule has 1 atom stereocenters. The Labute approximate surface area is 147 Å². The minimum absolute atomic E-state index is 0.165. The van der Waals surface area contributed by atoms with Gasteiger partial charge in [0.2, 0.25) is 0 Å². The molecule has 5 heteroatoms. The molecular weight excluding hydrogens is 324 g/mol. The Morgan fingerprint density at radius 2 is 1.67 bits per heavy atom. The van der Waals surface area contributed by atoms with E-state index in [4.69, 9.17) is 11.6 Å². The van der Waals surface area contributed by atoms with Gasteiger partial charge in [-0.05, 0) is 43.8 Å². The van der Waals surface area contributed by atoms with E-state index in [-0.39, 0.29) is 17.7 Å². The van der Waals surface area contributed by atoms with Crippen molar-refractivity contribution >= 4 is 23.3 Å². The number of carbonyl (C=O) groups excluding carboxylic acids is 2. The minimum Gasteiger partial charge on any atom is -0.350 e. The Hall–Kier alpha value is -2.17. The summed E-state index contributed by atoms with van der Waals surface area (Å²) in [6, 6.07) is 13.6. The number of hydrogen-bond acceptors (Lipinski definition) is 3. The molecule has 0 heterocycles. The van der Waals surface area contributed by atoms with Crippen LogP contribution in [-0.4, -0.2) is 30.8 Å². The lowest BCUT2D eigenvalue weighted by Gasteiger charge is -2.14. The topological polar surface area (TPSA) is 58.2 Å². The maximum absolute atomic E-state index is 12.7. The zero-order valence-corrected chi connectivity index (χ0v) is 14.6. The van der Waals surface area contributed by atoms with Crippen molar-refractivity contribution in [1.82, 2.24) is 10.6 Å². The smallest absolute Gasteiger partial charge is 0.252 e. The van der Waals surface area contributed by atoms with Crippen LogP contribution in [-0.2, 0) is 0 Å². The second-order valence-corrected chi connectivity index (χ2v) is 5.99. The molecule has 0 aliphatic rings. The van der Waals surface area contributed by atoms with Gasteiger partial charge >= 0.3 is 0 Å². The largest absolute Gasteiger partial charge is 0.350 e. The lowest BCUT2D eigenvalue weighted by molar-refractivity contribution is 0.0939. The molecule has 0 saturated carbocycles. The number of hydrogen-bond donors (Lipinski definition) is 2. The molecule has 4 nitrogen and oxygen atoms in total. The van der Waals surface area contributed by atoms with E-state index in [1.54, 1.807) is 48.5 Å². The van der Waals surface area contributed by atoms with E-state index in [0.717, 1.165) is 6.54 Å². The molecule has 1 amide bonds. The van der Waals surface area contributed by atoms with Crippen LogP contribution < -0.4 is 10.6 Å². The molecule has 0 unspecified atom stereocenters. The summed E-state index contributed by atoms with van der Waals surface area (Å²) in [5, 5.41) is 6.66. The molecule has 126 valence electrons. The van der Waals surface area contributed by atoms with E-state index in [1.165, 1.54) is 0 Å². The molecule has 2 aromatic rings. The van der Waals surface area contributed by atoms with Crippen molar-refractivity contribution < 1.29 is 9.59 Å². The third-order valence-corrected chi connectivity index (χ3v) is 3.90. The van der Waals surface area contributed by atoms with Gasteiger partial charge in [0.1, 0.15) is 0 Å². The average Bonchev–Trinajstić information content (AvgIpc) is 2.60. The van der Waals surface area contributed by atoms with Crippen molar-refractivity contribution in [2.24, 2.45) is 0 Å². The van der Waals surface area contributed by atoms with Crippen molar-refractivity contribution in [3.8, 4) is 0 Å². The van der Waals surface area contributed by atoms with Gasteiger partial charge < -0.3 is 10.6 Å². The van der Waals surface area contributed by atoms with Crippen molar-refractivity contribution in [2.45, 2.75) is 19.9 Å². The number of rotatable bonds is 7. The molecule has 0 fully saturated rings. The Morgan fingerprint density at radius 3 is 2.29 bits per heavy atom. The van der Waals surface area contributed by atoms with Gasteiger partial charge in [-0.15, -0.1) is 0 Å². The molecule has 2 aromatic carbocycles.